The third-order valence-electron chi connectivity index (χ3n) is 3.06. The summed E-state index contributed by atoms with van der Waals surface area (Å²) in [5.41, 5.74) is 0.746. The fraction of sp³-hybridized carbons (Fsp3) is 0.133. The van der Waals surface area contributed by atoms with E-state index in [9.17, 15) is 13.2 Å². The minimum Gasteiger partial charge on any atom is -0.375 e. The molecule has 0 aliphatic carbocycles. The molecule has 0 heterocycles. The Morgan fingerprint density at radius 1 is 1.00 bits per heavy atom. The summed E-state index contributed by atoms with van der Waals surface area (Å²) in [5.74, 6) is -0.384. The number of hydrogen-bond acceptors (Lipinski definition) is 4. The van der Waals surface area contributed by atoms with Crippen molar-refractivity contribution in [2.24, 2.45) is 0 Å². The molecule has 0 atom stereocenters. The van der Waals surface area contributed by atoms with Gasteiger partial charge in [-0.3, -0.25) is 4.79 Å². The molecule has 10 heteroatoms. The molecule has 134 valence electrons. The molecule has 0 aliphatic rings. The normalized spacial score (nSPS) is 11.2. The molecule has 2 N–H and O–H groups in total. The van der Waals surface area contributed by atoms with Crippen LogP contribution in [0.3, 0.4) is 0 Å². The zero-order valence-electron chi connectivity index (χ0n) is 12.7. The number of anilines is 2. The SMILES string of the molecule is CS(=O)(=O)c1c(Cl)ccc(NCC(=O)Nc2ccc(Cl)c(Cl)c2)c1Cl. The molecule has 0 saturated carbocycles. The van der Waals surface area contributed by atoms with Crippen molar-refractivity contribution in [2.45, 2.75) is 4.90 Å². The van der Waals surface area contributed by atoms with Crippen LogP contribution in [0.1, 0.15) is 0 Å². The van der Waals surface area contributed by atoms with Crippen LogP contribution in [-0.2, 0) is 14.6 Å². The molecule has 0 saturated heterocycles. The van der Waals surface area contributed by atoms with E-state index < -0.39 is 9.84 Å². The Bertz CT molecular complexity index is 933. The zero-order valence-corrected chi connectivity index (χ0v) is 16.6. The molecule has 2 aromatic rings. The summed E-state index contributed by atoms with van der Waals surface area (Å²) in [4.78, 5) is 11.8. The topological polar surface area (TPSA) is 75.3 Å². The fourth-order valence-corrected chi connectivity index (χ4v) is 4.40. The van der Waals surface area contributed by atoms with E-state index in [1.54, 1.807) is 12.1 Å². The Hall–Kier alpha value is -1.18. The van der Waals surface area contributed by atoms with E-state index in [4.69, 9.17) is 46.4 Å². The number of carbonyl (C=O) groups excluding carboxylic acids is 1. The number of hydrogen-bond donors (Lipinski definition) is 2. The predicted octanol–water partition coefficient (Wildman–Crippen LogP) is 4.75. The van der Waals surface area contributed by atoms with Crippen molar-refractivity contribution in [3.63, 3.8) is 0 Å². The maximum Gasteiger partial charge on any atom is 0.243 e. The molecule has 0 radical (unpaired) electrons. The summed E-state index contributed by atoms with van der Waals surface area (Å²) < 4.78 is 23.5. The van der Waals surface area contributed by atoms with Crippen molar-refractivity contribution in [2.75, 3.05) is 23.4 Å². The van der Waals surface area contributed by atoms with Gasteiger partial charge >= 0.3 is 0 Å². The highest BCUT2D eigenvalue weighted by molar-refractivity contribution is 7.91. The fourth-order valence-electron chi connectivity index (χ4n) is 1.96. The molecule has 0 aromatic heterocycles. The predicted molar refractivity (Wildman–Crippen MR) is 103 cm³/mol. The summed E-state index contributed by atoms with van der Waals surface area (Å²) in [6, 6.07) is 7.55. The van der Waals surface area contributed by atoms with Gasteiger partial charge in [0.25, 0.3) is 0 Å². The molecule has 2 rings (SSSR count). The Morgan fingerprint density at radius 2 is 1.64 bits per heavy atom. The van der Waals surface area contributed by atoms with Crippen LogP contribution >= 0.6 is 46.4 Å². The average molecular weight is 442 g/mol. The zero-order chi connectivity index (χ0) is 18.8. The van der Waals surface area contributed by atoms with Crippen molar-refractivity contribution >= 4 is 73.5 Å². The molecule has 5 nitrogen and oxygen atoms in total. The van der Waals surface area contributed by atoms with Crippen LogP contribution in [0.5, 0.6) is 0 Å². The third kappa shape index (κ3) is 5.15. The number of benzene rings is 2. The second-order valence-electron chi connectivity index (χ2n) is 5.04. The van der Waals surface area contributed by atoms with Gasteiger partial charge in [0.15, 0.2) is 9.84 Å². The number of halogens is 4. The van der Waals surface area contributed by atoms with E-state index in [2.05, 4.69) is 10.6 Å². The lowest BCUT2D eigenvalue weighted by atomic mass is 10.3. The molecule has 0 bridgehead atoms. The number of amides is 1. The van der Waals surface area contributed by atoms with E-state index in [1.807, 2.05) is 0 Å². The van der Waals surface area contributed by atoms with Gasteiger partial charge in [-0.2, -0.15) is 0 Å². The lowest BCUT2D eigenvalue weighted by Crippen LogP contribution is -2.22. The van der Waals surface area contributed by atoms with Crippen LogP contribution in [0.15, 0.2) is 35.2 Å². The highest BCUT2D eigenvalue weighted by atomic mass is 35.5. The Balaban J connectivity index is 2.11. The first-order valence-electron chi connectivity index (χ1n) is 6.76. The van der Waals surface area contributed by atoms with Gasteiger partial charge in [0.2, 0.25) is 5.91 Å². The largest absolute Gasteiger partial charge is 0.375 e. The molecule has 1 amide bonds. The summed E-state index contributed by atoms with van der Waals surface area (Å²) in [6.07, 6.45) is 1.00. The quantitative estimate of drug-likeness (QED) is 0.701. The van der Waals surface area contributed by atoms with Crippen LogP contribution in [0.2, 0.25) is 20.1 Å². The molecule has 0 spiro atoms. The summed E-state index contributed by atoms with van der Waals surface area (Å²) in [5, 5.41) is 6.02. The Morgan fingerprint density at radius 3 is 2.24 bits per heavy atom. The lowest BCUT2D eigenvalue weighted by molar-refractivity contribution is -0.114. The van der Waals surface area contributed by atoms with Crippen LogP contribution < -0.4 is 10.6 Å². The number of nitrogens with one attached hydrogen (secondary N) is 2. The van der Waals surface area contributed by atoms with Gasteiger partial charge < -0.3 is 10.6 Å². The van der Waals surface area contributed by atoms with Gasteiger partial charge in [0.05, 0.1) is 32.3 Å². The van der Waals surface area contributed by atoms with E-state index in [1.165, 1.54) is 18.2 Å². The van der Waals surface area contributed by atoms with Gasteiger partial charge in [-0.05, 0) is 30.3 Å². The summed E-state index contributed by atoms with van der Waals surface area (Å²) >= 11 is 23.7. The van der Waals surface area contributed by atoms with Crippen LogP contribution in [0, 0.1) is 0 Å². The number of rotatable bonds is 5. The van der Waals surface area contributed by atoms with E-state index in [0.717, 1.165) is 6.26 Å². The molecule has 2 aromatic carbocycles. The second kappa shape index (κ2) is 8.01. The Labute approximate surface area is 165 Å². The van der Waals surface area contributed by atoms with Gasteiger partial charge in [-0.1, -0.05) is 46.4 Å². The maximum absolute atomic E-state index is 12.0. The number of carbonyl (C=O) groups is 1. The average Bonchev–Trinajstić information content (AvgIpc) is 2.49. The molecular formula is C15H12Cl4N2O3S. The van der Waals surface area contributed by atoms with Crippen molar-refractivity contribution in [1.82, 2.24) is 0 Å². The second-order valence-corrected chi connectivity index (χ2v) is 8.59. The first-order chi connectivity index (χ1) is 11.6. The van der Waals surface area contributed by atoms with E-state index in [0.29, 0.717) is 15.7 Å². The van der Waals surface area contributed by atoms with Crippen molar-refractivity contribution in [3.8, 4) is 0 Å². The monoisotopic (exact) mass is 440 g/mol. The van der Waals surface area contributed by atoms with Crippen LogP contribution in [0.25, 0.3) is 0 Å². The molecular weight excluding hydrogens is 430 g/mol. The van der Waals surface area contributed by atoms with Gasteiger partial charge in [-0.25, -0.2) is 8.42 Å². The standard InChI is InChI=1S/C15H12Cl4N2O3S/c1-25(23,24)15-10(17)4-5-12(14(15)19)20-7-13(22)21-8-2-3-9(16)11(18)6-8/h2-6,20H,7H2,1H3,(H,21,22). The van der Waals surface area contributed by atoms with Crippen molar-refractivity contribution in [3.05, 3.63) is 50.4 Å². The van der Waals surface area contributed by atoms with Crippen LogP contribution in [-0.4, -0.2) is 27.1 Å². The number of sulfone groups is 1. The minimum absolute atomic E-state index is 0.0123. The van der Waals surface area contributed by atoms with Crippen molar-refractivity contribution < 1.29 is 13.2 Å². The van der Waals surface area contributed by atoms with Gasteiger partial charge in [0, 0.05) is 11.9 Å². The minimum atomic E-state index is -3.61. The smallest absolute Gasteiger partial charge is 0.243 e. The Kier molecular flexibility index (Phi) is 6.45. The van der Waals surface area contributed by atoms with Gasteiger partial charge in [-0.15, -0.1) is 0 Å². The van der Waals surface area contributed by atoms with Crippen LogP contribution in [0.4, 0.5) is 11.4 Å². The first-order valence-corrected chi connectivity index (χ1v) is 10.2. The molecule has 0 aliphatic heterocycles. The highest BCUT2D eigenvalue weighted by Crippen LogP contribution is 2.35. The highest BCUT2D eigenvalue weighted by Gasteiger charge is 2.20. The van der Waals surface area contributed by atoms with E-state index in [-0.39, 0.29) is 33.1 Å². The first kappa shape index (κ1) is 20.1. The summed E-state index contributed by atoms with van der Waals surface area (Å²) in [7, 11) is -3.61. The van der Waals surface area contributed by atoms with Crippen molar-refractivity contribution in [1.29, 1.82) is 0 Å². The lowest BCUT2D eigenvalue weighted by Gasteiger charge is -2.12. The molecule has 25 heavy (non-hydrogen) atoms. The summed E-state index contributed by atoms with van der Waals surface area (Å²) in [6.45, 7) is -0.148. The van der Waals surface area contributed by atoms with Gasteiger partial charge in [0.1, 0.15) is 4.90 Å². The molecule has 0 unspecified atom stereocenters. The maximum atomic E-state index is 12.0. The molecule has 0 fully saturated rings. The third-order valence-corrected chi connectivity index (χ3v) is 5.90. The van der Waals surface area contributed by atoms with E-state index >= 15 is 0 Å².